The second kappa shape index (κ2) is 8.76. The maximum atomic E-state index is 13.2. The number of halogens is 2. The third-order valence-corrected chi connectivity index (χ3v) is 5.43. The molecule has 0 bridgehead atoms. The Hall–Kier alpha value is -3.04. The van der Waals surface area contributed by atoms with Crippen LogP contribution in [-0.4, -0.2) is 30.1 Å². The summed E-state index contributed by atoms with van der Waals surface area (Å²) in [5.41, 5.74) is 1.07. The van der Waals surface area contributed by atoms with E-state index in [0.29, 0.717) is 10.0 Å². The first kappa shape index (κ1) is 21.7. The fourth-order valence-corrected chi connectivity index (χ4v) is 3.95. The number of ether oxygens (including phenoxy) is 1. The van der Waals surface area contributed by atoms with Crippen molar-refractivity contribution in [3.8, 4) is 5.75 Å². The monoisotopic (exact) mass is 493 g/mol. The molecule has 2 aromatic rings. The molecule has 1 aliphatic heterocycles. The molecule has 8 nitrogen and oxygen atoms in total. The first-order valence-corrected chi connectivity index (χ1v) is 9.82. The van der Waals surface area contributed by atoms with Crippen LogP contribution in [-0.2, 0) is 9.53 Å². The molecule has 156 valence electrons. The highest BCUT2D eigenvalue weighted by atomic mass is 79.9. The van der Waals surface area contributed by atoms with Gasteiger partial charge in [-0.25, -0.2) is 9.59 Å². The Morgan fingerprint density at radius 3 is 2.67 bits per heavy atom. The molecular weight excluding hydrogens is 478 g/mol. The average molecular weight is 495 g/mol. The Bertz CT molecular complexity index is 1040. The van der Waals surface area contributed by atoms with E-state index in [0.717, 1.165) is 0 Å². The molecule has 3 amide bonds. The van der Waals surface area contributed by atoms with E-state index >= 15 is 0 Å². The molecule has 30 heavy (non-hydrogen) atoms. The molecule has 2 atom stereocenters. The highest BCUT2D eigenvalue weighted by molar-refractivity contribution is 9.10. The number of nitrogens with one attached hydrogen (secondary N) is 3. The van der Waals surface area contributed by atoms with Gasteiger partial charge in [0, 0.05) is 5.70 Å². The zero-order valence-electron chi connectivity index (χ0n) is 15.7. The fraction of sp³-hybridized carbons (Fsp3) is 0.150. The van der Waals surface area contributed by atoms with Gasteiger partial charge in [0.25, 0.3) is 0 Å². The molecule has 1 saturated heterocycles. The SMILES string of the molecule is C=C1NC(=O)N[C@H](c2cc(Cl)c(O)c(Br)c2)[C@H]1C(=O)Nc1ccccc1C(=O)OC. The molecule has 0 saturated carbocycles. The Morgan fingerprint density at radius 2 is 2.00 bits per heavy atom. The number of carbonyl (C=O) groups excluding carboxylic acids is 3. The average Bonchev–Trinajstić information content (AvgIpc) is 2.70. The maximum absolute atomic E-state index is 13.2. The minimum atomic E-state index is -0.944. The molecule has 0 aliphatic carbocycles. The van der Waals surface area contributed by atoms with E-state index in [2.05, 4.69) is 38.5 Å². The highest BCUT2D eigenvalue weighted by Crippen LogP contribution is 2.38. The van der Waals surface area contributed by atoms with Crippen LogP contribution in [0.3, 0.4) is 0 Å². The number of phenols is 1. The lowest BCUT2D eigenvalue weighted by Gasteiger charge is -2.34. The summed E-state index contributed by atoms with van der Waals surface area (Å²) in [5, 5.41) is 17.8. The smallest absolute Gasteiger partial charge is 0.339 e. The number of hydrogen-bond donors (Lipinski definition) is 4. The van der Waals surface area contributed by atoms with E-state index in [4.69, 9.17) is 16.3 Å². The van der Waals surface area contributed by atoms with E-state index in [1.807, 2.05) is 0 Å². The number of rotatable bonds is 4. The van der Waals surface area contributed by atoms with Crippen LogP contribution in [0.5, 0.6) is 5.75 Å². The molecule has 0 unspecified atom stereocenters. The summed E-state index contributed by atoms with van der Waals surface area (Å²) >= 11 is 9.26. The summed E-state index contributed by atoms with van der Waals surface area (Å²) in [4.78, 5) is 37.2. The first-order valence-electron chi connectivity index (χ1n) is 8.65. The van der Waals surface area contributed by atoms with Crippen LogP contribution >= 0.6 is 27.5 Å². The second-order valence-corrected chi connectivity index (χ2v) is 7.70. The van der Waals surface area contributed by atoms with E-state index in [1.165, 1.54) is 19.2 Å². The molecule has 1 fully saturated rings. The number of anilines is 1. The van der Waals surface area contributed by atoms with E-state index in [9.17, 15) is 19.5 Å². The minimum absolute atomic E-state index is 0.0490. The van der Waals surface area contributed by atoms with Crippen molar-refractivity contribution in [1.29, 1.82) is 0 Å². The molecule has 10 heteroatoms. The van der Waals surface area contributed by atoms with Crippen LogP contribution in [0.4, 0.5) is 10.5 Å². The highest BCUT2D eigenvalue weighted by Gasteiger charge is 2.38. The van der Waals surface area contributed by atoms with E-state index in [1.54, 1.807) is 24.3 Å². The van der Waals surface area contributed by atoms with Crippen molar-refractivity contribution in [2.45, 2.75) is 6.04 Å². The quantitative estimate of drug-likeness (QED) is 0.484. The van der Waals surface area contributed by atoms with Crippen LogP contribution in [0.15, 0.2) is 53.1 Å². The van der Waals surface area contributed by atoms with Gasteiger partial charge in [0.15, 0.2) is 0 Å². The molecule has 1 heterocycles. The fourth-order valence-electron chi connectivity index (χ4n) is 3.13. The molecule has 0 aromatic heterocycles. The Balaban J connectivity index is 1.97. The number of methoxy groups -OCH3 is 1. The third-order valence-electron chi connectivity index (χ3n) is 4.54. The number of aromatic hydroxyl groups is 1. The van der Waals surface area contributed by atoms with Gasteiger partial charge in [0.05, 0.1) is 33.9 Å². The Labute approximate surface area is 185 Å². The lowest BCUT2D eigenvalue weighted by molar-refractivity contribution is -0.119. The van der Waals surface area contributed by atoms with Gasteiger partial charge in [-0.05, 0) is 45.8 Å². The van der Waals surface area contributed by atoms with Gasteiger partial charge >= 0.3 is 12.0 Å². The largest absolute Gasteiger partial charge is 0.505 e. The minimum Gasteiger partial charge on any atom is -0.505 e. The van der Waals surface area contributed by atoms with Crippen LogP contribution in [0.1, 0.15) is 22.0 Å². The number of hydrogen-bond acceptors (Lipinski definition) is 5. The van der Waals surface area contributed by atoms with Crippen LogP contribution < -0.4 is 16.0 Å². The third kappa shape index (κ3) is 4.27. The van der Waals surface area contributed by atoms with Crippen molar-refractivity contribution >= 4 is 51.1 Å². The predicted molar refractivity (Wildman–Crippen MR) is 114 cm³/mol. The lowest BCUT2D eigenvalue weighted by Crippen LogP contribution is -2.51. The number of benzene rings is 2. The standard InChI is InChI=1S/C20H17BrClN3O5/c1-9-15(18(27)24-14-6-4-3-5-11(14)19(28)30-2)16(25-20(29)23-9)10-7-12(21)17(26)13(22)8-10/h3-8,15-16,26H,1H2,2H3,(H,24,27)(H2,23,25,29)/t15-,16+/m0/s1. The predicted octanol–water partition coefficient (Wildman–Crippen LogP) is 3.72. The first-order chi connectivity index (χ1) is 14.2. The topological polar surface area (TPSA) is 117 Å². The number of amides is 3. The summed E-state index contributed by atoms with van der Waals surface area (Å²) in [6.07, 6.45) is 0. The van der Waals surface area contributed by atoms with Gasteiger partial charge in [0.1, 0.15) is 11.7 Å². The summed E-state index contributed by atoms with van der Waals surface area (Å²) in [6, 6.07) is 8.02. The van der Waals surface area contributed by atoms with Crippen LogP contribution in [0.2, 0.25) is 5.02 Å². The normalized spacial score (nSPS) is 18.2. The van der Waals surface area contributed by atoms with Gasteiger partial charge < -0.3 is 25.8 Å². The lowest BCUT2D eigenvalue weighted by atomic mass is 9.88. The van der Waals surface area contributed by atoms with E-state index in [-0.39, 0.29) is 27.7 Å². The maximum Gasteiger partial charge on any atom is 0.339 e. The van der Waals surface area contributed by atoms with E-state index < -0.39 is 29.9 Å². The number of esters is 1. The Morgan fingerprint density at radius 1 is 1.30 bits per heavy atom. The van der Waals surface area contributed by atoms with Crippen molar-refractivity contribution in [1.82, 2.24) is 10.6 Å². The summed E-state index contributed by atoms with van der Waals surface area (Å²) < 4.78 is 5.05. The number of carbonyl (C=O) groups is 3. The molecular formula is C20H17BrClN3O5. The molecule has 2 aromatic carbocycles. The summed E-state index contributed by atoms with van der Waals surface area (Å²) in [5.74, 6) is -2.23. The van der Waals surface area contributed by atoms with Crippen LogP contribution in [0, 0.1) is 5.92 Å². The molecule has 0 spiro atoms. The van der Waals surface area contributed by atoms with Crippen molar-refractivity contribution < 1.29 is 24.2 Å². The second-order valence-electron chi connectivity index (χ2n) is 6.44. The Kier molecular flexibility index (Phi) is 6.33. The summed E-state index contributed by atoms with van der Waals surface area (Å²) in [6.45, 7) is 3.80. The van der Waals surface area contributed by atoms with Crippen molar-refractivity contribution in [3.63, 3.8) is 0 Å². The van der Waals surface area contributed by atoms with Crippen molar-refractivity contribution in [2.75, 3.05) is 12.4 Å². The van der Waals surface area contributed by atoms with Gasteiger partial charge in [-0.15, -0.1) is 0 Å². The van der Waals surface area contributed by atoms with Crippen molar-refractivity contribution in [2.24, 2.45) is 5.92 Å². The molecule has 4 N–H and O–H groups in total. The van der Waals surface area contributed by atoms with Gasteiger partial charge in [-0.1, -0.05) is 30.3 Å². The number of phenolic OH excluding ortho intramolecular Hbond substituents is 1. The zero-order chi connectivity index (χ0) is 22.0. The number of urea groups is 1. The molecule has 1 aliphatic rings. The summed E-state index contributed by atoms with van der Waals surface area (Å²) in [7, 11) is 1.24. The van der Waals surface area contributed by atoms with Gasteiger partial charge in [0.2, 0.25) is 5.91 Å². The zero-order valence-corrected chi connectivity index (χ0v) is 18.0. The van der Waals surface area contributed by atoms with Crippen molar-refractivity contribution in [3.05, 3.63) is 69.3 Å². The molecule has 3 rings (SSSR count). The van der Waals surface area contributed by atoms with Gasteiger partial charge in [-0.2, -0.15) is 0 Å². The molecule has 0 radical (unpaired) electrons. The van der Waals surface area contributed by atoms with Gasteiger partial charge in [-0.3, -0.25) is 4.79 Å². The number of para-hydroxylation sites is 1. The van der Waals surface area contributed by atoms with Crippen LogP contribution in [0.25, 0.3) is 0 Å².